The summed E-state index contributed by atoms with van der Waals surface area (Å²) in [6.07, 6.45) is 1.11. The highest BCUT2D eigenvalue weighted by atomic mass is 127. The first-order chi connectivity index (χ1) is 5.36. The Bertz CT molecular complexity index is 304. The highest BCUT2D eigenvalue weighted by Crippen LogP contribution is 2.33. The van der Waals surface area contributed by atoms with Crippen molar-refractivity contribution in [2.45, 2.75) is 11.3 Å². The predicted octanol–water partition coefficient (Wildman–Crippen LogP) is 3.61. The van der Waals surface area contributed by atoms with Crippen molar-refractivity contribution in [2.75, 3.05) is 0 Å². The van der Waals surface area contributed by atoms with E-state index < -0.39 is 0 Å². The molecule has 0 unspecified atom stereocenters. The van der Waals surface area contributed by atoms with E-state index in [1.807, 2.05) is 11.8 Å². The quantitative estimate of drug-likeness (QED) is 0.651. The third-order valence-electron chi connectivity index (χ3n) is 1.65. The fourth-order valence-corrected chi connectivity index (χ4v) is 2.70. The van der Waals surface area contributed by atoms with E-state index in [4.69, 9.17) is 0 Å². The molecule has 0 saturated heterocycles. The van der Waals surface area contributed by atoms with Crippen LogP contribution in [0.5, 0.6) is 0 Å². The minimum Gasteiger partial charge on any atom is -0.0970 e. The SMILES string of the molecule is IC1=CSc2ccccc2C1. The summed E-state index contributed by atoms with van der Waals surface area (Å²) < 4.78 is 1.44. The first-order valence-corrected chi connectivity index (χ1v) is 5.41. The van der Waals surface area contributed by atoms with Gasteiger partial charge in [0.05, 0.1) is 0 Å². The third-order valence-corrected chi connectivity index (χ3v) is 3.82. The van der Waals surface area contributed by atoms with Gasteiger partial charge in [-0.25, -0.2) is 0 Å². The second kappa shape index (κ2) is 3.19. The van der Waals surface area contributed by atoms with Gasteiger partial charge in [0.1, 0.15) is 0 Å². The molecule has 0 nitrogen and oxygen atoms in total. The Morgan fingerprint density at radius 3 is 3.00 bits per heavy atom. The number of thioether (sulfide) groups is 1. The van der Waals surface area contributed by atoms with Crippen molar-refractivity contribution in [1.82, 2.24) is 0 Å². The molecule has 0 N–H and O–H groups in total. The van der Waals surface area contributed by atoms with Crippen molar-refractivity contribution in [3.05, 3.63) is 38.8 Å². The molecule has 11 heavy (non-hydrogen) atoms. The van der Waals surface area contributed by atoms with Crippen molar-refractivity contribution < 1.29 is 0 Å². The molecular weight excluding hydrogens is 267 g/mol. The van der Waals surface area contributed by atoms with Crippen LogP contribution in [0.25, 0.3) is 0 Å². The van der Waals surface area contributed by atoms with Crippen LogP contribution in [0.15, 0.2) is 38.1 Å². The van der Waals surface area contributed by atoms with Crippen LogP contribution in [0.3, 0.4) is 0 Å². The van der Waals surface area contributed by atoms with E-state index in [0.717, 1.165) is 6.42 Å². The van der Waals surface area contributed by atoms with Gasteiger partial charge in [0.25, 0.3) is 0 Å². The van der Waals surface area contributed by atoms with Gasteiger partial charge in [-0.1, -0.05) is 30.0 Å². The summed E-state index contributed by atoms with van der Waals surface area (Å²) in [5.74, 6) is 0. The Kier molecular flexibility index (Phi) is 2.23. The fourth-order valence-electron chi connectivity index (χ4n) is 1.12. The molecule has 1 aromatic carbocycles. The molecule has 1 aliphatic rings. The van der Waals surface area contributed by atoms with E-state index in [9.17, 15) is 0 Å². The van der Waals surface area contributed by atoms with E-state index in [-0.39, 0.29) is 0 Å². The highest BCUT2D eigenvalue weighted by Gasteiger charge is 2.07. The molecule has 1 aliphatic heterocycles. The Labute approximate surface area is 84.2 Å². The fraction of sp³-hybridized carbons (Fsp3) is 0.111. The summed E-state index contributed by atoms with van der Waals surface area (Å²) in [5.41, 5.74) is 1.46. The topological polar surface area (TPSA) is 0 Å². The number of fused-ring (bicyclic) bond motifs is 1. The van der Waals surface area contributed by atoms with E-state index in [1.165, 1.54) is 14.0 Å². The number of hydrogen-bond donors (Lipinski definition) is 0. The van der Waals surface area contributed by atoms with Gasteiger partial charge in [0.15, 0.2) is 0 Å². The van der Waals surface area contributed by atoms with E-state index >= 15 is 0 Å². The number of benzene rings is 1. The molecule has 1 aromatic rings. The summed E-state index contributed by atoms with van der Waals surface area (Å²) in [4.78, 5) is 1.41. The Morgan fingerprint density at radius 2 is 2.09 bits per heavy atom. The van der Waals surface area contributed by atoms with E-state index in [2.05, 4.69) is 52.3 Å². The van der Waals surface area contributed by atoms with Gasteiger partial charge in [0.2, 0.25) is 0 Å². The van der Waals surface area contributed by atoms with Gasteiger partial charge in [0, 0.05) is 14.9 Å². The largest absolute Gasteiger partial charge is 0.0970 e. The second-order valence-corrected chi connectivity index (χ2v) is 4.76. The van der Waals surface area contributed by atoms with Crippen molar-refractivity contribution in [3.63, 3.8) is 0 Å². The lowest BCUT2D eigenvalue weighted by atomic mass is 10.1. The molecule has 0 spiro atoms. The summed E-state index contributed by atoms with van der Waals surface area (Å²) in [6, 6.07) is 8.58. The molecule has 0 radical (unpaired) electrons. The predicted molar refractivity (Wildman–Crippen MR) is 58.1 cm³/mol. The van der Waals surface area contributed by atoms with Crippen LogP contribution in [-0.2, 0) is 6.42 Å². The standard InChI is InChI=1S/C9H7IS/c10-8-5-7-3-1-2-4-9(7)11-6-8/h1-4,6H,5H2. The lowest BCUT2D eigenvalue weighted by molar-refractivity contribution is 1.17. The molecule has 56 valence electrons. The summed E-state index contributed by atoms with van der Waals surface area (Å²) in [7, 11) is 0. The van der Waals surface area contributed by atoms with Crippen molar-refractivity contribution in [3.8, 4) is 0 Å². The minimum atomic E-state index is 1.11. The lowest BCUT2D eigenvalue weighted by Gasteiger charge is -2.11. The van der Waals surface area contributed by atoms with Gasteiger partial charge in [-0.05, 0) is 39.6 Å². The molecule has 0 bridgehead atoms. The Morgan fingerprint density at radius 1 is 1.27 bits per heavy atom. The molecule has 2 heteroatoms. The zero-order valence-electron chi connectivity index (χ0n) is 5.88. The summed E-state index contributed by atoms with van der Waals surface area (Å²) in [6.45, 7) is 0. The minimum absolute atomic E-state index is 1.11. The molecule has 0 saturated carbocycles. The molecule has 0 atom stereocenters. The summed E-state index contributed by atoms with van der Waals surface area (Å²) in [5, 5.41) is 2.23. The molecule has 1 heterocycles. The van der Waals surface area contributed by atoms with Gasteiger partial charge >= 0.3 is 0 Å². The first-order valence-electron chi connectivity index (χ1n) is 3.45. The monoisotopic (exact) mass is 274 g/mol. The molecule has 2 rings (SSSR count). The molecule has 0 aromatic heterocycles. The van der Waals surface area contributed by atoms with Gasteiger partial charge in [-0.2, -0.15) is 0 Å². The van der Waals surface area contributed by atoms with Crippen LogP contribution in [0.2, 0.25) is 0 Å². The number of hydrogen-bond acceptors (Lipinski definition) is 1. The van der Waals surface area contributed by atoms with Crippen LogP contribution >= 0.6 is 34.4 Å². The zero-order chi connectivity index (χ0) is 7.68. The van der Waals surface area contributed by atoms with Crippen molar-refractivity contribution >= 4 is 34.4 Å². The van der Waals surface area contributed by atoms with Gasteiger partial charge in [-0.15, -0.1) is 0 Å². The normalized spacial score (nSPS) is 15.5. The highest BCUT2D eigenvalue weighted by molar-refractivity contribution is 14.1. The van der Waals surface area contributed by atoms with E-state index in [1.54, 1.807) is 0 Å². The molecule has 0 fully saturated rings. The Hall–Kier alpha value is 0.0400. The maximum Gasteiger partial charge on any atom is 0.0152 e. The average molecular weight is 274 g/mol. The number of rotatable bonds is 0. The van der Waals surface area contributed by atoms with Gasteiger partial charge in [-0.3, -0.25) is 0 Å². The maximum absolute atomic E-state index is 2.39. The Balaban J connectivity index is 2.42. The third kappa shape index (κ3) is 1.62. The number of halogens is 1. The summed E-state index contributed by atoms with van der Waals surface area (Å²) >= 11 is 4.22. The van der Waals surface area contributed by atoms with Crippen LogP contribution in [0.4, 0.5) is 0 Å². The van der Waals surface area contributed by atoms with Crippen LogP contribution in [-0.4, -0.2) is 0 Å². The average Bonchev–Trinajstić information content (AvgIpc) is 2.04. The van der Waals surface area contributed by atoms with Crippen molar-refractivity contribution in [1.29, 1.82) is 0 Å². The van der Waals surface area contributed by atoms with Crippen LogP contribution < -0.4 is 0 Å². The van der Waals surface area contributed by atoms with Crippen molar-refractivity contribution in [2.24, 2.45) is 0 Å². The first kappa shape index (κ1) is 7.68. The van der Waals surface area contributed by atoms with Crippen LogP contribution in [0.1, 0.15) is 5.56 Å². The number of allylic oxidation sites excluding steroid dienone is 1. The van der Waals surface area contributed by atoms with Gasteiger partial charge < -0.3 is 0 Å². The molecule has 0 amide bonds. The maximum atomic E-state index is 2.39. The van der Waals surface area contributed by atoms with E-state index in [0.29, 0.717) is 0 Å². The molecular formula is C9H7IS. The smallest absolute Gasteiger partial charge is 0.0152 e. The molecule has 0 aliphatic carbocycles. The second-order valence-electron chi connectivity index (χ2n) is 2.47. The lowest BCUT2D eigenvalue weighted by Crippen LogP contribution is -1.91. The zero-order valence-corrected chi connectivity index (χ0v) is 8.85. The van der Waals surface area contributed by atoms with Crippen LogP contribution in [0, 0.1) is 0 Å².